The van der Waals surface area contributed by atoms with Crippen LogP contribution in [0.2, 0.25) is 0 Å². The Labute approximate surface area is 69.4 Å². The van der Waals surface area contributed by atoms with Crippen molar-refractivity contribution in [1.82, 2.24) is 4.90 Å². The van der Waals surface area contributed by atoms with E-state index in [1.165, 1.54) is 0 Å². The monoisotopic (exact) mass is 213 g/mol. The van der Waals surface area contributed by atoms with E-state index in [1.807, 2.05) is 7.05 Å². The third-order valence-corrected chi connectivity index (χ3v) is 1.31. The van der Waals surface area contributed by atoms with Crippen molar-refractivity contribution in [3.63, 3.8) is 0 Å². The van der Waals surface area contributed by atoms with Gasteiger partial charge in [0.1, 0.15) is 0 Å². The number of amides is 1. The van der Waals surface area contributed by atoms with E-state index in [-0.39, 0.29) is 27.3 Å². The van der Waals surface area contributed by atoms with Crippen LogP contribution in [-0.2, 0) is 32.1 Å². The molecule has 1 aliphatic heterocycles. The van der Waals surface area contributed by atoms with E-state index in [2.05, 4.69) is 0 Å². The number of hydrogen-bond acceptors (Lipinski definition) is 1. The molecule has 0 radical (unpaired) electrons. The number of carbonyl (C=O) groups excluding carboxylic acids is 1. The van der Waals surface area contributed by atoms with Crippen molar-refractivity contribution >= 4 is 5.91 Å². The quantitative estimate of drug-likeness (QED) is 0.526. The molecule has 0 aromatic heterocycles. The maximum atomic E-state index is 10.5. The van der Waals surface area contributed by atoms with Gasteiger partial charge in [-0.2, -0.15) is 0 Å². The van der Waals surface area contributed by atoms with Crippen LogP contribution in [0.25, 0.3) is 0 Å². The van der Waals surface area contributed by atoms with Crippen molar-refractivity contribution in [2.24, 2.45) is 0 Å². The Bertz CT molecular complexity index is 94.4. The van der Waals surface area contributed by atoms with E-state index >= 15 is 0 Å². The molecule has 1 fully saturated rings. The number of hydrogen-bond donors (Lipinski definition) is 0. The fraction of sp³-hybridized carbons (Fsp3) is 0.800. The van der Waals surface area contributed by atoms with Gasteiger partial charge in [-0.1, -0.05) is 0 Å². The van der Waals surface area contributed by atoms with E-state index in [9.17, 15) is 4.79 Å². The Hall–Kier alpha value is 0.392. The number of carbonyl (C=O) groups is 1. The van der Waals surface area contributed by atoms with Gasteiger partial charge in [-0.15, -0.1) is 0 Å². The summed E-state index contributed by atoms with van der Waals surface area (Å²) in [6, 6.07) is 0. The molecule has 2 nitrogen and oxygen atoms in total. The molecule has 0 aromatic rings. The van der Waals surface area contributed by atoms with Crippen LogP contribution in [0.4, 0.5) is 0 Å². The summed E-state index contributed by atoms with van der Waals surface area (Å²) in [7, 11) is 1.84. The predicted octanol–water partition coefficient (Wildman–Crippen LogP) is 0.236. The third kappa shape index (κ3) is 1.72. The van der Waals surface area contributed by atoms with Crippen LogP contribution < -0.4 is 0 Å². The van der Waals surface area contributed by atoms with Gasteiger partial charge in [0, 0.05) is 47.3 Å². The average molecular weight is 212 g/mol. The maximum absolute atomic E-state index is 10.5. The molecule has 0 unspecified atom stereocenters. The first-order valence-electron chi connectivity index (χ1n) is 2.54. The summed E-state index contributed by atoms with van der Waals surface area (Å²) in [6.07, 6.45) is 1.81. The summed E-state index contributed by atoms with van der Waals surface area (Å²) in [6.45, 7) is 0.957. The minimum absolute atomic E-state index is 0. The summed E-state index contributed by atoms with van der Waals surface area (Å²) in [4.78, 5) is 12.3. The summed E-state index contributed by atoms with van der Waals surface area (Å²) in [5.74, 6) is 0.292. The summed E-state index contributed by atoms with van der Waals surface area (Å²) in [5.41, 5.74) is 0. The Morgan fingerprint density at radius 2 is 2.25 bits per heavy atom. The second-order valence-electron chi connectivity index (χ2n) is 1.92. The van der Waals surface area contributed by atoms with Crippen molar-refractivity contribution in [2.45, 2.75) is 12.8 Å². The summed E-state index contributed by atoms with van der Waals surface area (Å²) >= 11 is 0. The van der Waals surface area contributed by atoms with Crippen LogP contribution in [0.1, 0.15) is 12.8 Å². The topological polar surface area (TPSA) is 20.3 Å². The van der Waals surface area contributed by atoms with Gasteiger partial charge < -0.3 is 4.90 Å². The van der Waals surface area contributed by atoms with Crippen molar-refractivity contribution in [2.75, 3.05) is 13.6 Å². The van der Waals surface area contributed by atoms with E-state index in [0.29, 0.717) is 5.91 Å². The van der Waals surface area contributed by atoms with Gasteiger partial charge in [0.15, 0.2) is 0 Å². The first-order valence-corrected chi connectivity index (χ1v) is 2.54. The molecule has 0 saturated carbocycles. The first-order chi connectivity index (χ1) is 3.30. The van der Waals surface area contributed by atoms with E-state index in [4.69, 9.17) is 0 Å². The molecule has 1 saturated heterocycles. The van der Waals surface area contributed by atoms with Crippen LogP contribution >= 0.6 is 0 Å². The molecule has 0 aliphatic carbocycles. The molecule has 1 rings (SSSR count). The first kappa shape index (κ1) is 8.39. The summed E-state index contributed by atoms with van der Waals surface area (Å²) < 4.78 is 0. The maximum Gasteiger partial charge on any atom is 0.222 e. The summed E-state index contributed by atoms with van der Waals surface area (Å²) in [5, 5.41) is 0. The molecule has 8 heavy (non-hydrogen) atoms. The largest absolute Gasteiger partial charge is 0.346 e. The second kappa shape index (κ2) is 3.42. The molecular formula is C5H9CdNO. The molecule has 0 bridgehead atoms. The Morgan fingerprint density at radius 1 is 1.62 bits per heavy atom. The Kier molecular flexibility index (Phi) is 3.59. The molecule has 0 spiro atoms. The molecule has 0 atom stereocenters. The van der Waals surface area contributed by atoms with Gasteiger partial charge in [0.05, 0.1) is 0 Å². The van der Waals surface area contributed by atoms with Crippen LogP contribution in [0.5, 0.6) is 0 Å². The van der Waals surface area contributed by atoms with Crippen LogP contribution in [-0.4, -0.2) is 24.4 Å². The molecule has 0 aromatic carbocycles. The zero-order valence-corrected chi connectivity index (χ0v) is 9.22. The van der Waals surface area contributed by atoms with Gasteiger partial charge in [0.2, 0.25) is 5.91 Å². The number of nitrogens with zero attached hydrogens (tertiary/aromatic N) is 1. The van der Waals surface area contributed by atoms with Crippen LogP contribution in [0.3, 0.4) is 0 Å². The Balaban J connectivity index is 0.000000490. The minimum Gasteiger partial charge on any atom is -0.346 e. The Morgan fingerprint density at radius 3 is 2.38 bits per heavy atom. The van der Waals surface area contributed by atoms with Crippen molar-refractivity contribution in [3.05, 3.63) is 0 Å². The van der Waals surface area contributed by atoms with Gasteiger partial charge >= 0.3 is 0 Å². The normalized spacial score (nSPS) is 18.6. The van der Waals surface area contributed by atoms with Gasteiger partial charge in [-0.25, -0.2) is 0 Å². The molecular weight excluding hydrogens is 202 g/mol. The second-order valence-corrected chi connectivity index (χ2v) is 1.92. The minimum atomic E-state index is 0. The average Bonchev–Trinajstić information content (AvgIpc) is 1.91. The predicted molar refractivity (Wildman–Crippen MR) is 26.9 cm³/mol. The van der Waals surface area contributed by atoms with Crippen molar-refractivity contribution in [1.29, 1.82) is 0 Å². The van der Waals surface area contributed by atoms with Gasteiger partial charge in [-0.3, -0.25) is 4.79 Å². The van der Waals surface area contributed by atoms with Crippen molar-refractivity contribution < 1.29 is 32.1 Å². The molecule has 1 amide bonds. The van der Waals surface area contributed by atoms with Gasteiger partial charge in [0.25, 0.3) is 0 Å². The molecule has 3 heteroatoms. The van der Waals surface area contributed by atoms with E-state index in [0.717, 1.165) is 19.4 Å². The zero-order chi connectivity index (χ0) is 5.28. The third-order valence-electron chi connectivity index (χ3n) is 1.31. The van der Waals surface area contributed by atoms with Crippen LogP contribution in [0, 0.1) is 0 Å². The number of rotatable bonds is 0. The standard InChI is InChI=1S/C5H9NO.Cd/c1-6-4-2-3-5(6)7;/h2-4H2,1H3;. The fourth-order valence-corrected chi connectivity index (χ4v) is 0.783. The number of likely N-dealkylation sites (tertiary alicyclic amines) is 1. The molecule has 42 valence electrons. The van der Waals surface area contributed by atoms with Crippen LogP contribution in [0.15, 0.2) is 0 Å². The van der Waals surface area contributed by atoms with Gasteiger partial charge in [-0.05, 0) is 6.42 Å². The van der Waals surface area contributed by atoms with E-state index in [1.54, 1.807) is 4.90 Å². The SMILES string of the molecule is CN1CCCC1=O.[Cd]. The van der Waals surface area contributed by atoms with Crippen molar-refractivity contribution in [3.8, 4) is 0 Å². The molecule has 0 N–H and O–H groups in total. The molecule has 1 aliphatic rings. The smallest absolute Gasteiger partial charge is 0.222 e. The zero-order valence-electron chi connectivity index (χ0n) is 5.18. The molecule has 1 heterocycles. The van der Waals surface area contributed by atoms with E-state index < -0.39 is 0 Å². The fourth-order valence-electron chi connectivity index (χ4n) is 0.783.